The number of alkyl carbamates (subject to hydrolysis) is 1. The maximum Gasteiger partial charge on any atom is 0.407 e. The maximum absolute atomic E-state index is 11.5. The summed E-state index contributed by atoms with van der Waals surface area (Å²) >= 11 is 0. The van der Waals surface area contributed by atoms with Crippen molar-refractivity contribution < 1.29 is 9.53 Å². The Morgan fingerprint density at radius 3 is 2.35 bits per heavy atom. The molecule has 0 spiro atoms. The van der Waals surface area contributed by atoms with Crippen LogP contribution in [0.25, 0.3) is 0 Å². The molecule has 0 atom stereocenters. The Bertz CT molecular complexity index is 316. The molecule has 2 rings (SSSR count). The fourth-order valence-corrected chi connectivity index (χ4v) is 2.66. The summed E-state index contributed by atoms with van der Waals surface area (Å²) < 4.78 is 5.19. The van der Waals surface area contributed by atoms with Crippen LogP contribution >= 0.6 is 0 Å². The monoisotopic (exact) mass is 283 g/mol. The van der Waals surface area contributed by atoms with Crippen LogP contribution in [0.2, 0.25) is 0 Å². The van der Waals surface area contributed by atoms with Gasteiger partial charge in [-0.15, -0.1) is 0 Å². The zero-order chi connectivity index (χ0) is 14.6. The van der Waals surface area contributed by atoms with E-state index in [0.717, 1.165) is 12.6 Å². The Balaban J connectivity index is 1.50. The van der Waals surface area contributed by atoms with Crippen molar-refractivity contribution in [3.8, 4) is 0 Å². The van der Waals surface area contributed by atoms with Crippen LogP contribution < -0.4 is 10.6 Å². The quantitative estimate of drug-likeness (QED) is 0.755. The van der Waals surface area contributed by atoms with Gasteiger partial charge < -0.3 is 20.3 Å². The highest BCUT2D eigenvalue weighted by atomic mass is 16.6. The van der Waals surface area contributed by atoms with Crippen LogP contribution in [0.1, 0.15) is 46.5 Å². The number of rotatable bonds is 5. The minimum Gasteiger partial charge on any atom is -0.444 e. The summed E-state index contributed by atoms with van der Waals surface area (Å²) in [6, 6.07) is 1.50. The van der Waals surface area contributed by atoms with E-state index in [4.69, 9.17) is 4.74 Å². The molecule has 1 saturated carbocycles. The molecule has 1 aliphatic heterocycles. The van der Waals surface area contributed by atoms with Gasteiger partial charge in [-0.2, -0.15) is 0 Å². The van der Waals surface area contributed by atoms with Crippen LogP contribution in [0.5, 0.6) is 0 Å². The first-order valence-corrected chi connectivity index (χ1v) is 7.88. The number of hydrogen-bond acceptors (Lipinski definition) is 4. The maximum atomic E-state index is 11.5. The Morgan fingerprint density at radius 1 is 1.15 bits per heavy atom. The lowest BCUT2D eigenvalue weighted by molar-refractivity contribution is 0.0527. The molecule has 2 fully saturated rings. The van der Waals surface area contributed by atoms with Gasteiger partial charge >= 0.3 is 6.09 Å². The molecule has 0 unspecified atom stereocenters. The van der Waals surface area contributed by atoms with Crippen LogP contribution in [0, 0.1) is 0 Å². The standard InChI is InChI=1S/C15H29N3O2/c1-15(2,3)20-14(19)17-9-8-16-12-6-10-18(11-7-12)13-4-5-13/h12-13,16H,4-11H2,1-3H3,(H,17,19). The molecule has 1 saturated heterocycles. The number of amides is 1. The zero-order valence-corrected chi connectivity index (χ0v) is 13.1. The number of ether oxygens (including phenoxy) is 1. The number of carbonyl (C=O) groups excluding carboxylic acids is 1. The number of hydrogen-bond donors (Lipinski definition) is 2. The number of nitrogens with one attached hydrogen (secondary N) is 2. The number of likely N-dealkylation sites (tertiary alicyclic amines) is 1. The van der Waals surface area contributed by atoms with E-state index in [9.17, 15) is 4.79 Å². The minimum atomic E-state index is -0.423. The van der Waals surface area contributed by atoms with E-state index in [2.05, 4.69) is 15.5 Å². The van der Waals surface area contributed by atoms with E-state index in [0.29, 0.717) is 12.6 Å². The van der Waals surface area contributed by atoms with Gasteiger partial charge in [-0.3, -0.25) is 0 Å². The normalized spacial score (nSPS) is 21.8. The second-order valence-electron chi connectivity index (χ2n) is 6.92. The average Bonchev–Trinajstić information content (AvgIpc) is 3.17. The summed E-state index contributed by atoms with van der Waals surface area (Å²) in [4.78, 5) is 14.1. The third-order valence-electron chi connectivity index (χ3n) is 3.82. The lowest BCUT2D eigenvalue weighted by atomic mass is 10.1. The molecule has 0 radical (unpaired) electrons. The largest absolute Gasteiger partial charge is 0.444 e. The zero-order valence-electron chi connectivity index (χ0n) is 13.1. The Kier molecular flexibility index (Phi) is 5.27. The van der Waals surface area contributed by atoms with Crippen molar-refractivity contribution in [1.29, 1.82) is 0 Å². The minimum absolute atomic E-state index is 0.331. The molecule has 1 heterocycles. The topological polar surface area (TPSA) is 53.6 Å². The van der Waals surface area contributed by atoms with Gasteiger partial charge in [0, 0.05) is 25.2 Å². The first-order chi connectivity index (χ1) is 9.44. The van der Waals surface area contributed by atoms with E-state index in [1.165, 1.54) is 38.8 Å². The smallest absolute Gasteiger partial charge is 0.407 e. The van der Waals surface area contributed by atoms with Gasteiger partial charge in [0.2, 0.25) is 0 Å². The Labute approximate surface area is 122 Å². The average molecular weight is 283 g/mol. The molecule has 2 N–H and O–H groups in total. The molecule has 5 heteroatoms. The van der Waals surface area contributed by atoms with Gasteiger partial charge in [-0.1, -0.05) is 0 Å². The van der Waals surface area contributed by atoms with Crippen molar-refractivity contribution in [1.82, 2.24) is 15.5 Å². The second kappa shape index (κ2) is 6.76. The fourth-order valence-electron chi connectivity index (χ4n) is 2.66. The SMILES string of the molecule is CC(C)(C)OC(=O)NCCNC1CCN(C2CC2)CC1. The molecule has 0 aromatic carbocycles. The van der Waals surface area contributed by atoms with Gasteiger partial charge in [-0.25, -0.2) is 4.79 Å². The van der Waals surface area contributed by atoms with Crippen LogP contribution in [0.3, 0.4) is 0 Å². The van der Waals surface area contributed by atoms with Crippen molar-refractivity contribution in [2.24, 2.45) is 0 Å². The molecular formula is C15H29N3O2. The van der Waals surface area contributed by atoms with E-state index < -0.39 is 5.60 Å². The lowest BCUT2D eigenvalue weighted by Gasteiger charge is -2.32. The highest BCUT2D eigenvalue weighted by Crippen LogP contribution is 2.29. The summed E-state index contributed by atoms with van der Waals surface area (Å²) in [5.41, 5.74) is -0.423. The molecule has 0 aromatic rings. The molecular weight excluding hydrogens is 254 g/mol. The molecule has 2 aliphatic rings. The van der Waals surface area contributed by atoms with Gasteiger partial charge in [0.15, 0.2) is 0 Å². The van der Waals surface area contributed by atoms with Crippen molar-refractivity contribution in [2.45, 2.75) is 64.1 Å². The van der Waals surface area contributed by atoms with Gasteiger partial charge in [0.05, 0.1) is 0 Å². The third kappa shape index (κ3) is 5.67. The van der Waals surface area contributed by atoms with E-state index in [1.807, 2.05) is 20.8 Å². The molecule has 1 amide bonds. The molecule has 5 nitrogen and oxygen atoms in total. The molecule has 116 valence electrons. The summed E-state index contributed by atoms with van der Waals surface area (Å²) in [6.45, 7) is 9.50. The summed E-state index contributed by atoms with van der Waals surface area (Å²) in [7, 11) is 0. The Hall–Kier alpha value is -0.810. The highest BCUT2D eigenvalue weighted by molar-refractivity contribution is 5.67. The Morgan fingerprint density at radius 2 is 1.80 bits per heavy atom. The number of piperidine rings is 1. The summed E-state index contributed by atoms with van der Waals surface area (Å²) in [5.74, 6) is 0. The van der Waals surface area contributed by atoms with Crippen molar-refractivity contribution >= 4 is 6.09 Å². The lowest BCUT2D eigenvalue weighted by Crippen LogP contribution is -2.45. The van der Waals surface area contributed by atoms with E-state index in [-0.39, 0.29) is 6.09 Å². The number of carbonyl (C=O) groups is 1. The van der Waals surface area contributed by atoms with Crippen LogP contribution in [0.15, 0.2) is 0 Å². The van der Waals surface area contributed by atoms with Crippen LogP contribution in [-0.4, -0.2) is 54.9 Å². The van der Waals surface area contributed by atoms with Crippen molar-refractivity contribution in [2.75, 3.05) is 26.2 Å². The van der Waals surface area contributed by atoms with E-state index in [1.54, 1.807) is 0 Å². The second-order valence-corrected chi connectivity index (χ2v) is 6.92. The first kappa shape index (κ1) is 15.6. The fraction of sp³-hybridized carbons (Fsp3) is 0.933. The summed E-state index contributed by atoms with van der Waals surface area (Å²) in [5, 5.41) is 6.30. The predicted octanol–water partition coefficient (Wildman–Crippen LogP) is 1.73. The highest BCUT2D eigenvalue weighted by Gasteiger charge is 2.31. The first-order valence-electron chi connectivity index (χ1n) is 7.88. The van der Waals surface area contributed by atoms with Gasteiger partial charge in [-0.05, 0) is 59.5 Å². The van der Waals surface area contributed by atoms with Gasteiger partial charge in [0.1, 0.15) is 5.60 Å². The van der Waals surface area contributed by atoms with Gasteiger partial charge in [0.25, 0.3) is 0 Å². The molecule has 0 bridgehead atoms. The van der Waals surface area contributed by atoms with Crippen LogP contribution in [-0.2, 0) is 4.74 Å². The molecule has 0 aromatic heterocycles. The summed E-state index contributed by atoms with van der Waals surface area (Å²) in [6.07, 6.45) is 4.92. The predicted molar refractivity (Wildman–Crippen MR) is 79.9 cm³/mol. The van der Waals surface area contributed by atoms with E-state index >= 15 is 0 Å². The third-order valence-corrected chi connectivity index (χ3v) is 3.82. The van der Waals surface area contributed by atoms with Crippen LogP contribution in [0.4, 0.5) is 4.79 Å². The molecule has 20 heavy (non-hydrogen) atoms. The number of nitrogens with zero attached hydrogens (tertiary/aromatic N) is 1. The molecule has 1 aliphatic carbocycles. The van der Waals surface area contributed by atoms with Crippen molar-refractivity contribution in [3.63, 3.8) is 0 Å². The van der Waals surface area contributed by atoms with Crippen molar-refractivity contribution in [3.05, 3.63) is 0 Å².